The highest BCUT2D eigenvalue weighted by Crippen LogP contribution is 2.32. The van der Waals surface area contributed by atoms with Crippen molar-refractivity contribution in [3.8, 4) is 5.75 Å². The Morgan fingerprint density at radius 3 is 2.02 bits per heavy atom. The van der Waals surface area contributed by atoms with Gasteiger partial charge in [-0.1, -0.05) is 74.9 Å². The Bertz CT molecular complexity index is 1130. The molecule has 2 aromatic carbocycles. The van der Waals surface area contributed by atoms with E-state index < -0.39 is 11.9 Å². The number of carbonyl (C=O) groups is 2. The summed E-state index contributed by atoms with van der Waals surface area (Å²) in [5.74, 6) is 0.801. The fraction of sp³-hybridized carbons (Fsp3) is 0.433. The van der Waals surface area contributed by atoms with Gasteiger partial charge >= 0.3 is 6.18 Å². The molecule has 1 saturated carbocycles. The summed E-state index contributed by atoms with van der Waals surface area (Å²) in [5, 5.41) is 2.78. The molecule has 0 bridgehead atoms. The molecule has 3 N–H and O–H groups in total. The van der Waals surface area contributed by atoms with E-state index in [4.69, 9.17) is 20.0 Å². The third kappa shape index (κ3) is 12.5. The number of halogens is 3. The summed E-state index contributed by atoms with van der Waals surface area (Å²) in [4.78, 5) is 22.9. The quantitative estimate of drug-likeness (QED) is 0.303. The molecular weight excluding hydrogens is 523 g/mol. The zero-order valence-electron chi connectivity index (χ0n) is 23.4. The molecule has 40 heavy (non-hydrogen) atoms. The number of carbonyl (C=O) groups excluding carboxylic acids is 2. The molecule has 1 unspecified atom stereocenters. The van der Waals surface area contributed by atoms with Gasteiger partial charge in [-0.05, 0) is 24.6 Å². The second-order valence-corrected chi connectivity index (χ2v) is 8.85. The van der Waals surface area contributed by atoms with Gasteiger partial charge in [-0.25, -0.2) is 4.98 Å². The maximum atomic E-state index is 12.4. The minimum atomic E-state index is -4.46. The van der Waals surface area contributed by atoms with Crippen molar-refractivity contribution in [3.63, 3.8) is 0 Å². The first-order chi connectivity index (χ1) is 19.2. The van der Waals surface area contributed by atoms with E-state index in [0.717, 1.165) is 23.7 Å². The zero-order chi connectivity index (χ0) is 29.8. The van der Waals surface area contributed by atoms with E-state index in [0.29, 0.717) is 24.6 Å². The molecule has 3 aromatic rings. The normalized spacial score (nSPS) is 13.2. The predicted molar refractivity (Wildman–Crippen MR) is 152 cm³/mol. The maximum Gasteiger partial charge on any atom is 0.433 e. The smallest absolute Gasteiger partial charge is 0.433 e. The highest BCUT2D eigenvalue weighted by molar-refractivity contribution is 5.90. The number of hydrogen-bond donors (Lipinski definition) is 2. The van der Waals surface area contributed by atoms with Gasteiger partial charge in [-0.2, -0.15) is 13.2 Å². The van der Waals surface area contributed by atoms with Crippen LogP contribution < -0.4 is 15.8 Å². The number of nitrogens with zero attached hydrogens (tertiary/aromatic N) is 1. The van der Waals surface area contributed by atoms with Crippen LogP contribution in [0.15, 0.2) is 54.6 Å². The molecular formula is C30H40F3N3O4. The summed E-state index contributed by atoms with van der Waals surface area (Å²) < 4.78 is 47.7. The van der Waals surface area contributed by atoms with Crippen LogP contribution in [0.4, 0.5) is 18.9 Å². The van der Waals surface area contributed by atoms with Crippen molar-refractivity contribution in [3.05, 3.63) is 65.9 Å². The molecule has 1 atom stereocenters. The number of aldehydes is 1. The van der Waals surface area contributed by atoms with Crippen molar-refractivity contribution in [1.29, 1.82) is 0 Å². The third-order valence-corrected chi connectivity index (χ3v) is 5.97. The molecule has 0 radical (unpaired) electrons. The molecule has 4 rings (SSSR count). The number of nitrogen functional groups attached to an aromatic ring is 1. The number of methoxy groups -OCH3 is 2. The van der Waals surface area contributed by atoms with E-state index in [1.165, 1.54) is 44.6 Å². The monoisotopic (exact) mass is 563 g/mol. The summed E-state index contributed by atoms with van der Waals surface area (Å²) in [6.45, 7) is 0. The van der Waals surface area contributed by atoms with Crippen molar-refractivity contribution in [1.82, 2.24) is 10.3 Å². The van der Waals surface area contributed by atoms with Crippen LogP contribution in [0, 0.1) is 0 Å². The van der Waals surface area contributed by atoms with Crippen LogP contribution in [0.25, 0.3) is 10.9 Å². The molecule has 1 heterocycles. The lowest BCUT2D eigenvalue weighted by Gasteiger charge is -2.17. The van der Waals surface area contributed by atoms with Gasteiger partial charge in [-0.15, -0.1) is 0 Å². The predicted octanol–water partition coefficient (Wildman–Crippen LogP) is 6.90. The van der Waals surface area contributed by atoms with Crippen LogP contribution in [0.3, 0.4) is 0 Å². The molecule has 10 heteroatoms. The van der Waals surface area contributed by atoms with Crippen LogP contribution in [0.5, 0.6) is 5.75 Å². The second-order valence-electron chi connectivity index (χ2n) is 8.85. The average Bonchev–Trinajstić information content (AvgIpc) is 2.99. The standard InChI is InChI=1S/C12H16O3.C10H7F3N2.C6H12.C2H5NO/c1-14-11-7-4-3-6-10(11)12(15-2)8-5-9-13;11-10(12,13)9-5-7(14)6-3-1-2-4-8(6)15-9;1-2-4-6-5-3-1;1-3-2-4/h3-4,6-7,9,12H,5,8H2,1-2H3;1-5H,(H2,14,15);1-6H2;2H,1H3,(H,3,4). The van der Waals surface area contributed by atoms with E-state index in [1.807, 2.05) is 24.3 Å². The molecule has 1 aliphatic rings. The van der Waals surface area contributed by atoms with E-state index in [9.17, 15) is 18.0 Å². The molecule has 1 amide bonds. The summed E-state index contributed by atoms with van der Waals surface area (Å²) in [5.41, 5.74) is 5.89. The number of benzene rings is 2. The lowest BCUT2D eigenvalue weighted by Crippen LogP contribution is -2.08. The van der Waals surface area contributed by atoms with Crippen LogP contribution in [0.2, 0.25) is 0 Å². The lowest BCUT2D eigenvalue weighted by atomic mass is 10.0. The van der Waals surface area contributed by atoms with E-state index in [-0.39, 0.29) is 17.3 Å². The number of alkyl halides is 3. The van der Waals surface area contributed by atoms with Gasteiger partial charge < -0.3 is 25.3 Å². The Morgan fingerprint density at radius 1 is 0.975 bits per heavy atom. The number of ether oxygens (including phenoxy) is 2. The van der Waals surface area contributed by atoms with E-state index in [2.05, 4.69) is 10.3 Å². The summed E-state index contributed by atoms with van der Waals surface area (Å²) in [6, 6.07) is 15.0. The number of fused-ring (bicyclic) bond motifs is 1. The zero-order valence-corrected chi connectivity index (χ0v) is 23.4. The highest BCUT2D eigenvalue weighted by Gasteiger charge is 2.33. The van der Waals surface area contributed by atoms with Gasteiger partial charge in [0, 0.05) is 37.2 Å². The second kappa shape index (κ2) is 19.4. The fourth-order valence-electron chi connectivity index (χ4n) is 3.96. The van der Waals surface area contributed by atoms with Gasteiger partial charge in [0.05, 0.1) is 18.7 Å². The van der Waals surface area contributed by atoms with Crippen molar-refractivity contribution in [2.24, 2.45) is 0 Å². The van der Waals surface area contributed by atoms with Crippen LogP contribution >= 0.6 is 0 Å². The van der Waals surface area contributed by atoms with Gasteiger partial charge in [0.1, 0.15) is 17.7 Å². The first kappa shape index (κ1) is 34.4. The number of nitrogens with two attached hydrogens (primary N) is 1. The Morgan fingerprint density at radius 2 is 1.52 bits per heavy atom. The van der Waals surface area contributed by atoms with Gasteiger partial charge in [0.25, 0.3) is 0 Å². The van der Waals surface area contributed by atoms with Crippen molar-refractivity contribution < 1.29 is 32.2 Å². The Balaban J connectivity index is 0.000000300. The minimum absolute atomic E-state index is 0.0775. The number of rotatable bonds is 7. The molecule has 1 aliphatic carbocycles. The number of para-hydroxylation sites is 2. The first-order valence-corrected chi connectivity index (χ1v) is 13.2. The van der Waals surface area contributed by atoms with Gasteiger partial charge in [0.15, 0.2) is 0 Å². The highest BCUT2D eigenvalue weighted by atomic mass is 19.4. The van der Waals surface area contributed by atoms with Crippen molar-refractivity contribution in [2.45, 2.75) is 63.6 Å². The SMILES string of the molecule is C1CCCCC1.CNC=O.COc1ccccc1C(CCC=O)OC.Nc1cc(C(F)(F)F)nc2ccccc12. The minimum Gasteiger partial charge on any atom is -0.496 e. The number of hydrogen-bond acceptors (Lipinski definition) is 6. The Kier molecular flexibility index (Phi) is 16.7. The number of amides is 1. The average molecular weight is 564 g/mol. The summed E-state index contributed by atoms with van der Waals surface area (Å²) >= 11 is 0. The number of anilines is 1. The van der Waals surface area contributed by atoms with Crippen LogP contribution in [-0.4, -0.2) is 38.9 Å². The topological polar surface area (TPSA) is 104 Å². The van der Waals surface area contributed by atoms with Crippen LogP contribution in [0.1, 0.15) is 68.7 Å². The molecule has 1 fully saturated rings. The first-order valence-electron chi connectivity index (χ1n) is 13.2. The van der Waals surface area contributed by atoms with Crippen molar-refractivity contribution >= 4 is 29.3 Å². The molecule has 7 nitrogen and oxygen atoms in total. The molecule has 0 aliphatic heterocycles. The largest absolute Gasteiger partial charge is 0.496 e. The molecule has 220 valence electrons. The van der Waals surface area contributed by atoms with Gasteiger partial charge in [-0.3, -0.25) is 4.79 Å². The Labute approximate surface area is 234 Å². The lowest BCUT2D eigenvalue weighted by molar-refractivity contribution is -0.140. The third-order valence-electron chi connectivity index (χ3n) is 5.97. The van der Waals surface area contributed by atoms with E-state index >= 15 is 0 Å². The summed E-state index contributed by atoms with van der Waals surface area (Å²) in [7, 11) is 4.83. The van der Waals surface area contributed by atoms with Crippen LogP contribution in [-0.2, 0) is 20.5 Å². The fourth-order valence-corrected chi connectivity index (χ4v) is 3.96. The van der Waals surface area contributed by atoms with Crippen molar-refractivity contribution in [2.75, 3.05) is 27.0 Å². The Hall–Kier alpha value is -3.66. The number of nitrogens with one attached hydrogen (secondary N) is 1. The molecule has 1 aromatic heterocycles. The molecule has 0 saturated heterocycles. The van der Waals surface area contributed by atoms with Gasteiger partial charge in [0.2, 0.25) is 6.41 Å². The number of aromatic nitrogens is 1. The number of pyridine rings is 1. The summed E-state index contributed by atoms with van der Waals surface area (Å²) in [6.07, 6.45) is 7.17. The van der Waals surface area contributed by atoms with E-state index in [1.54, 1.807) is 39.5 Å². The maximum absolute atomic E-state index is 12.4. The molecule has 0 spiro atoms.